The molecule has 1 atom stereocenters. The van der Waals surface area contributed by atoms with Crippen LogP contribution in [0.1, 0.15) is 54.5 Å². The normalized spacial score (nSPS) is 21.8. The van der Waals surface area contributed by atoms with Gasteiger partial charge in [0, 0.05) is 38.4 Å². The summed E-state index contributed by atoms with van der Waals surface area (Å²) in [5, 5.41) is 3.10. The number of aromatic nitrogens is 2. The van der Waals surface area contributed by atoms with Gasteiger partial charge in [-0.2, -0.15) is 0 Å². The Labute approximate surface area is 148 Å². The minimum absolute atomic E-state index is 0.0176. The fraction of sp³-hybridized carbons (Fsp3) is 0.667. The van der Waals surface area contributed by atoms with Gasteiger partial charge in [0.25, 0.3) is 5.91 Å². The number of carbonyl (C=O) groups is 2. The van der Waals surface area contributed by atoms with Crippen LogP contribution in [0.25, 0.3) is 0 Å². The van der Waals surface area contributed by atoms with Crippen molar-refractivity contribution in [2.24, 2.45) is 0 Å². The van der Waals surface area contributed by atoms with Crippen molar-refractivity contribution in [1.29, 1.82) is 0 Å². The molecule has 2 amide bonds. The van der Waals surface area contributed by atoms with Crippen molar-refractivity contribution >= 4 is 11.8 Å². The van der Waals surface area contributed by atoms with Crippen molar-refractivity contribution in [2.75, 3.05) is 32.7 Å². The molecule has 2 aliphatic rings. The summed E-state index contributed by atoms with van der Waals surface area (Å²) in [7, 11) is 0. The van der Waals surface area contributed by atoms with Crippen molar-refractivity contribution in [2.45, 2.75) is 45.6 Å². The van der Waals surface area contributed by atoms with Crippen LogP contribution in [0.15, 0.2) is 6.20 Å². The number of carbonyl (C=O) groups excluding carboxylic acids is 2. The summed E-state index contributed by atoms with van der Waals surface area (Å²) >= 11 is 0. The Bertz CT molecular complexity index is 661. The first kappa shape index (κ1) is 17.8. The summed E-state index contributed by atoms with van der Waals surface area (Å²) in [6.45, 7) is 9.17. The van der Waals surface area contributed by atoms with Crippen LogP contribution in [0, 0.1) is 6.92 Å². The molecule has 1 aromatic heterocycles. The predicted octanol–water partition coefficient (Wildman–Crippen LogP) is 0.945. The zero-order valence-corrected chi connectivity index (χ0v) is 15.3. The van der Waals surface area contributed by atoms with Gasteiger partial charge in [-0.1, -0.05) is 13.8 Å². The minimum Gasteiger partial charge on any atom is -0.336 e. The lowest BCUT2D eigenvalue weighted by Gasteiger charge is -2.41. The highest BCUT2D eigenvalue weighted by atomic mass is 16.2. The molecule has 0 bridgehead atoms. The first-order valence-electron chi connectivity index (χ1n) is 9.10. The van der Waals surface area contributed by atoms with Crippen LogP contribution in [0.3, 0.4) is 0 Å². The van der Waals surface area contributed by atoms with E-state index in [1.807, 2.05) is 30.6 Å². The Kier molecular flexibility index (Phi) is 5.32. The van der Waals surface area contributed by atoms with Gasteiger partial charge in [-0.3, -0.25) is 9.59 Å². The molecule has 7 heteroatoms. The van der Waals surface area contributed by atoms with E-state index in [1.54, 1.807) is 6.20 Å². The van der Waals surface area contributed by atoms with Gasteiger partial charge in [0.2, 0.25) is 5.91 Å². The molecule has 1 unspecified atom stereocenters. The molecule has 1 aromatic rings. The topological polar surface area (TPSA) is 78.4 Å². The van der Waals surface area contributed by atoms with E-state index in [0.717, 1.165) is 38.2 Å². The molecule has 0 saturated carbocycles. The average molecular weight is 345 g/mol. The number of likely N-dealkylation sites (tertiary alicyclic amines) is 1. The molecule has 0 aliphatic carbocycles. The van der Waals surface area contributed by atoms with Gasteiger partial charge in [0.1, 0.15) is 5.82 Å². The highest BCUT2D eigenvalue weighted by molar-refractivity contribution is 5.95. The molecular weight excluding hydrogens is 318 g/mol. The fourth-order valence-corrected chi connectivity index (χ4v) is 3.66. The number of nitrogens with one attached hydrogen (secondary N) is 1. The third kappa shape index (κ3) is 3.81. The van der Waals surface area contributed by atoms with Gasteiger partial charge in [-0.25, -0.2) is 9.97 Å². The number of piperidine rings is 1. The third-order valence-corrected chi connectivity index (χ3v) is 4.97. The Balaban J connectivity index is 1.77. The van der Waals surface area contributed by atoms with Crippen LogP contribution in [-0.4, -0.2) is 70.3 Å². The van der Waals surface area contributed by atoms with E-state index >= 15 is 0 Å². The number of hydrogen-bond donors (Lipinski definition) is 1. The van der Waals surface area contributed by atoms with E-state index in [1.165, 1.54) is 0 Å². The first-order valence-corrected chi connectivity index (χ1v) is 9.10. The molecule has 136 valence electrons. The number of nitrogens with zero attached hydrogens (tertiary/aromatic N) is 4. The first-order chi connectivity index (χ1) is 12.0. The second kappa shape index (κ2) is 7.47. The molecule has 2 saturated heterocycles. The van der Waals surface area contributed by atoms with Crippen LogP contribution >= 0.6 is 0 Å². The summed E-state index contributed by atoms with van der Waals surface area (Å²) in [6, 6.07) is 0.112. The molecule has 0 aromatic carbocycles. The number of amides is 2. The Hall–Kier alpha value is -2.02. The summed E-state index contributed by atoms with van der Waals surface area (Å²) in [5.74, 6) is 0.960. The lowest BCUT2D eigenvalue weighted by atomic mass is 10.00. The molecule has 3 heterocycles. The van der Waals surface area contributed by atoms with Crippen LogP contribution in [0.2, 0.25) is 0 Å². The van der Waals surface area contributed by atoms with Crippen molar-refractivity contribution in [3.8, 4) is 0 Å². The van der Waals surface area contributed by atoms with E-state index in [2.05, 4.69) is 15.3 Å². The van der Waals surface area contributed by atoms with E-state index in [9.17, 15) is 9.59 Å². The number of aryl methyl sites for hydroxylation is 1. The van der Waals surface area contributed by atoms with E-state index in [0.29, 0.717) is 24.5 Å². The predicted molar refractivity (Wildman–Crippen MR) is 94.4 cm³/mol. The van der Waals surface area contributed by atoms with Crippen molar-refractivity contribution in [3.05, 3.63) is 23.3 Å². The zero-order valence-electron chi connectivity index (χ0n) is 15.3. The quantitative estimate of drug-likeness (QED) is 0.882. The van der Waals surface area contributed by atoms with Gasteiger partial charge < -0.3 is 15.1 Å². The highest BCUT2D eigenvalue weighted by Crippen LogP contribution is 2.22. The second-order valence-corrected chi connectivity index (χ2v) is 7.18. The number of hydrogen-bond acceptors (Lipinski definition) is 5. The summed E-state index contributed by atoms with van der Waals surface area (Å²) in [6.07, 6.45) is 3.52. The van der Waals surface area contributed by atoms with Gasteiger partial charge in [0.05, 0.1) is 17.8 Å². The Morgan fingerprint density at radius 2 is 2.16 bits per heavy atom. The van der Waals surface area contributed by atoms with Gasteiger partial charge in [0.15, 0.2) is 0 Å². The Morgan fingerprint density at radius 3 is 2.88 bits per heavy atom. The lowest BCUT2D eigenvalue weighted by Crippen LogP contribution is -2.57. The summed E-state index contributed by atoms with van der Waals surface area (Å²) in [5.41, 5.74) is 1.39. The smallest absolute Gasteiger partial charge is 0.257 e. The molecule has 2 aliphatic heterocycles. The molecule has 0 spiro atoms. The van der Waals surface area contributed by atoms with Crippen molar-refractivity contribution in [3.63, 3.8) is 0 Å². The minimum atomic E-state index is -0.0176. The van der Waals surface area contributed by atoms with Crippen molar-refractivity contribution in [1.82, 2.24) is 25.1 Å². The molecule has 1 N–H and O–H groups in total. The number of piperazine rings is 1. The standard InChI is InChI=1S/C18H27N5O2/c1-12(2)17-15(9-20-13(3)21-17)18(25)22-7-4-5-14(11-22)23-8-6-19-10-16(23)24/h9,12,14,19H,4-8,10-11H2,1-3H3. The van der Waals surface area contributed by atoms with Crippen LogP contribution in [-0.2, 0) is 4.79 Å². The van der Waals surface area contributed by atoms with Crippen molar-refractivity contribution < 1.29 is 9.59 Å². The zero-order chi connectivity index (χ0) is 18.0. The van der Waals surface area contributed by atoms with Gasteiger partial charge >= 0.3 is 0 Å². The SMILES string of the molecule is Cc1ncc(C(=O)N2CCCC(N3CCNCC3=O)C2)c(C(C)C)n1. The van der Waals surface area contributed by atoms with Crippen LogP contribution < -0.4 is 5.32 Å². The summed E-state index contributed by atoms with van der Waals surface area (Å²) in [4.78, 5) is 37.7. The van der Waals surface area contributed by atoms with Gasteiger partial charge in [-0.15, -0.1) is 0 Å². The van der Waals surface area contributed by atoms with Crippen LogP contribution in [0.4, 0.5) is 0 Å². The van der Waals surface area contributed by atoms with E-state index < -0.39 is 0 Å². The van der Waals surface area contributed by atoms with Gasteiger partial charge in [-0.05, 0) is 25.7 Å². The molecular formula is C18H27N5O2. The van der Waals surface area contributed by atoms with E-state index in [4.69, 9.17) is 0 Å². The molecule has 7 nitrogen and oxygen atoms in total. The monoisotopic (exact) mass is 345 g/mol. The Morgan fingerprint density at radius 1 is 1.36 bits per heavy atom. The third-order valence-electron chi connectivity index (χ3n) is 4.97. The molecule has 25 heavy (non-hydrogen) atoms. The molecule has 0 radical (unpaired) electrons. The number of rotatable bonds is 3. The maximum atomic E-state index is 13.1. The second-order valence-electron chi connectivity index (χ2n) is 7.18. The molecule has 2 fully saturated rings. The largest absolute Gasteiger partial charge is 0.336 e. The lowest BCUT2D eigenvalue weighted by molar-refractivity contribution is -0.135. The molecule has 3 rings (SSSR count). The van der Waals surface area contributed by atoms with E-state index in [-0.39, 0.29) is 23.8 Å². The summed E-state index contributed by atoms with van der Waals surface area (Å²) < 4.78 is 0. The highest BCUT2D eigenvalue weighted by Gasteiger charge is 2.32. The maximum absolute atomic E-state index is 13.1. The fourth-order valence-electron chi connectivity index (χ4n) is 3.66. The van der Waals surface area contributed by atoms with Crippen LogP contribution in [0.5, 0.6) is 0 Å². The maximum Gasteiger partial charge on any atom is 0.257 e. The average Bonchev–Trinajstić information content (AvgIpc) is 2.61.